The Morgan fingerprint density at radius 2 is 1.71 bits per heavy atom. The number of hydrogen-bond donors (Lipinski definition) is 1. The zero-order valence-corrected chi connectivity index (χ0v) is 14.2. The Balaban J connectivity index is 1.70. The van der Waals surface area contributed by atoms with Crippen LogP contribution in [0.15, 0.2) is 0 Å². The van der Waals surface area contributed by atoms with Gasteiger partial charge in [-0.05, 0) is 32.6 Å². The molecule has 1 N–H and O–H groups in total. The highest BCUT2D eigenvalue weighted by Gasteiger charge is 2.30. The fourth-order valence-corrected chi connectivity index (χ4v) is 4.88. The molecule has 2 atom stereocenters. The summed E-state index contributed by atoms with van der Waals surface area (Å²) in [5.41, 5.74) is 0. The molecule has 0 bridgehead atoms. The molecule has 5 nitrogen and oxygen atoms in total. The second kappa shape index (κ2) is 7.90. The molecule has 0 aromatic heterocycles. The highest BCUT2D eigenvalue weighted by atomic mass is 32.2. The number of ether oxygens (including phenoxy) is 1. The van der Waals surface area contributed by atoms with Crippen LogP contribution < -0.4 is 4.72 Å². The number of nitrogens with one attached hydrogen (secondary N) is 1. The van der Waals surface area contributed by atoms with Crippen LogP contribution in [-0.2, 0) is 14.9 Å². The topological polar surface area (TPSA) is 58.6 Å². The van der Waals surface area contributed by atoms with Gasteiger partial charge >= 0.3 is 0 Å². The van der Waals surface area contributed by atoms with E-state index in [0.29, 0.717) is 19.6 Å². The van der Waals surface area contributed by atoms with Crippen LogP contribution in [-0.4, -0.2) is 44.6 Å². The first-order valence-electron chi connectivity index (χ1n) is 8.37. The highest BCUT2D eigenvalue weighted by molar-refractivity contribution is 7.87. The lowest BCUT2D eigenvalue weighted by molar-refractivity contribution is -0.0443. The van der Waals surface area contributed by atoms with E-state index in [2.05, 4.69) is 4.72 Å². The van der Waals surface area contributed by atoms with Crippen molar-refractivity contribution < 1.29 is 13.2 Å². The van der Waals surface area contributed by atoms with Gasteiger partial charge in [-0.1, -0.05) is 32.1 Å². The van der Waals surface area contributed by atoms with Crippen molar-refractivity contribution in [2.24, 2.45) is 5.92 Å². The minimum Gasteiger partial charge on any atom is -0.373 e. The van der Waals surface area contributed by atoms with Crippen molar-refractivity contribution in [2.75, 3.05) is 19.6 Å². The summed E-state index contributed by atoms with van der Waals surface area (Å²) in [6, 6.07) is 0. The molecule has 0 spiro atoms. The van der Waals surface area contributed by atoms with Crippen molar-refractivity contribution in [3.63, 3.8) is 0 Å². The van der Waals surface area contributed by atoms with Crippen molar-refractivity contribution in [1.82, 2.24) is 9.03 Å². The summed E-state index contributed by atoms with van der Waals surface area (Å²) >= 11 is 0. The maximum absolute atomic E-state index is 12.3. The van der Waals surface area contributed by atoms with Crippen LogP contribution in [0, 0.1) is 5.92 Å². The third kappa shape index (κ3) is 5.51. The van der Waals surface area contributed by atoms with Crippen LogP contribution in [0.1, 0.15) is 58.8 Å². The Morgan fingerprint density at radius 3 is 2.33 bits per heavy atom. The first-order chi connectivity index (χ1) is 9.97. The Hall–Kier alpha value is -0.170. The second-order valence-electron chi connectivity index (χ2n) is 6.62. The van der Waals surface area contributed by atoms with Crippen molar-refractivity contribution >= 4 is 10.2 Å². The van der Waals surface area contributed by atoms with Gasteiger partial charge < -0.3 is 4.74 Å². The molecule has 124 valence electrons. The van der Waals surface area contributed by atoms with Crippen LogP contribution in [0.3, 0.4) is 0 Å². The average molecular weight is 318 g/mol. The lowest BCUT2D eigenvalue weighted by Gasteiger charge is -2.34. The van der Waals surface area contributed by atoms with E-state index in [1.807, 2.05) is 13.8 Å². The fourth-order valence-electron chi connectivity index (χ4n) is 3.49. The molecule has 1 saturated heterocycles. The molecule has 0 amide bonds. The fraction of sp³-hybridized carbons (Fsp3) is 1.00. The normalized spacial score (nSPS) is 29.6. The zero-order chi connectivity index (χ0) is 15.3. The quantitative estimate of drug-likeness (QED) is 0.765. The standard InChI is InChI=1S/C15H30N2O3S/c1-13-11-17(12-14(2)20-13)21(18,19)16-10-6-9-15-7-4-3-5-8-15/h13-16H,3-12H2,1-2H3. The molecule has 1 saturated carbocycles. The van der Waals surface area contributed by atoms with Gasteiger partial charge in [0.15, 0.2) is 0 Å². The van der Waals surface area contributed by atoms with Gasteiger partial charge in [0.05, 0.1) is 12.2 Å². The number of rotatable bonds is 6. The van der Waals surface area contributed by atoms with E-state index in [0.717, 1.165) is 18.8 Å². The zero-order valence-electron chi connectivity index (χ0n) is 13.4. The lowest BCUT2D eigenvalue weighted by atomic mass is 9.86. The summed E-state index contributed by atoms with van der Waals surface area (Å²) in [5.74, 6) is 0.812. The SMILES string of the molecule is CC1CN(S(=O)(=O)NCCCC2CCCCC2)CC(C)O1. The Bertz CT molecular complexity index is 397. The van der Waals surface area contributed by atoms with E-state index in [-0.39, 0.29) is 12.2 Å². The Labute approximate surface area is 129 Å². The summed E-state index contributed by atoms with van der Waals surface area (Å²) < 4.78 is 34.4. The van der Waals surface area contributed by atoms with Crippen LogP contribution in [0.5, 0.6) is 0 Å². The van der Waals surface area contributed by atoms with Gasteiger partial charge in [-0.3, -0.25) is 0 Å². The maximum atomic E-state index is 12.3. The van der Waals surface area contributed by atoms with Gasteiger partial charge in [-0.15, -0.1) is 0 Å². The molecule has 2 unspecified atom stereocenters. The first-order valence-corrected chi connectivity index (χ1v) is 9.81. The van der Waals surface area contributed by atoms with Gasteiger partial charge in [0.2, 0.25) is 0 Å². The van der Waals surface area contributed by atoms with Gasteiger partial charge in [0, 0.05) is 19.6 Å². The molecule has 1 aliphatic heterocycles. The average Bonchev–Trinajstić information content (AvgIpc) is 2.44. The largest absolute Gasteiger partial charge is 0.373 e. The van der Waals surface area contributed by atoms with E-state index in [9.17, 15) is 8.42 Å². The number of nitrogens with zero attached hydrogens (tertiary/aromatic N) is 1. The molecule has 2 aliphatic rings. The predicted octanol–water partition coefficient (Wildman–Crippen LogP) is 2.29. The molecule has 1 aliphatic carbocycles. The van der Waals surface area contributed by atoms with Gasteiger partial charge in [0.25, 0.3) is 10.2 Å². The minimum absolute atomic E-state index is 0.0347. The van der Waals surface area contributed by atoms with Crippen LogP contribution in [0.25, 0.3) is 0 Å². The van der Waals surface area contributed by atoms with Gasteiger partial charge in [-0.25, -0.2) is 4.72 Å². The smallest absolute Gasteiger partial charge is 0.279 e. The van der Waals surface area contributed by atoms with Crippen molar-refractivity contribution in [2.45, 2.75) is 71.0 Å². The highest BCUT2D eigenvalue weighted by Crippen LogP contribution is 2.27. The van der Waals surface area contributed by atoms with E-state index < -0.39 is 10.2 Å². The molecular formula is C15H30N2O3S. The van der Waals surface area contributed by atoms with E-state index in [4.69, 9.17) is 4.74 Å². The molecule has 6 heteroatoms. The first kappa shape index (κ1) is 17.2. The Morgan fingerprint density at radius 1 is 1.10 bits per heavy atom. The summed E-state index contributed by atoms with van der Waals surface area (Å²) in [4.78, 5) is 0. The van der Waals surface area contributed by atoms with Crippen molar-refractivity contribution in [3.8, 4) is 0 Å². The Kier molecular flexibility index (Phi) is 6.47. The molecule has 2 fully saturated rings. The van der Waals surface area contributed by atoms with Crippen molar-refractivity contribution in [3.05, 3.63) is 0 Å². The van der Waals surface area contributed by atoms with E-state index in [1.165, 1.54) is 36.4 Å². The third-order valence-electron chi connectivity index (χ3n) is 4.52. The second-order valence-corrected chi connectivity index (χ2v) is 8.38. The summed E-state index contributed by atoms with van der Waals surface area (Å²) in [6.07, 6.45) is 8.74. The predicted molar refractivity (Wildman–Crippen MR) is 84.3 cm³/mol. The third-order valence-corrected chi connectivity index (χ3v) is 6.07. The number of morpholine rings is 1. The van der Waals surface area contributed by atoms with Crippen molar-refractivity contribution in [1.29, 1.82) is 0 Å². The van der Waals surface area contributed by atoms with E-state index >= 15 is 0 Å². The van der Waals surface area contributed by atoms with E-state index in [1.54, 1.807) is 0 Å². The van der Waals surface area contributed by atoms with Gasteiger partial charge in [0.1, 0.15) is 0 Å². The van der Waals surface area contributed by atoms with Crippen LogP contribution in [0.4, 0.5) is 0 Å². The molecule has 0 aromatic rings. The molecule has 1 heterocycles. The molecule has 21 heavy (non-hydrogen) atoms. The monoisotopic (exact) mass is 318 g/mol. The molecule has 0 aromatic carbocycles. The number of hydrogen-bond acceptors (Lipinski definition) is 3. The molecule has 0 radical (unpaired) electrons. The maximum Gasteiger partial charge on any atom is 0.279 e. The summed E-state index contributed by atoms with van der Waals surface area (Å²) in [6.45, 7) is 5.28. The lowest BCUT2D eigenvalue weighted by Crippen LogP contribution is -2.52. The summed E-state index contributed by atoms with van der Waals surface area (Å²) in [7, 11) is -3.35. The summed E-state index contributed by atoms with van der Waals surface area (Å²) in [5, 5.41) is 0. The van der Waals surface area contributed by atoms with Gasteiger partial charge in [-0.2, -0.15) is 12.7 Å². The van der Waals surface area contributed by atoms with Crippen LogP contribution in [0.2, 0.25) is 0 Å². The molecular weight excluding hydrogens is 288 g/mol. The molecule has 2 rings (SSSR count). The minimum atomic E-state index is -3.35. The van der Waals surface area contributed by atoms with Crippen LogP contribution >= 0.6 is 0 Å².